The number of hydrogen-bond acceptors (Lipinski definition) is 2. The van der Waals surface area contributed by atoms with Crippen LogP contribution in [0.3, 0.4) is 0 Å². The molecule has 1 saturated heterocycles. The van der Waals surface area contributed by atoms with Crippen LogP contribution in [0.15, 0.2) is 22.7 Å². The third-order valence-electron chi connectivity index (χ3n) is 3.58. The summed E-state index contributed by atoms with van der Waals surface area (Å²) < 4.78 is 14.4. The second-order valence-electron chi connectivity index (χ2n) is 5.59. The van der Waals surface area contributed by atoms with Crippen molar-refractivity contribution in [2.24, 2.45) is 5.41 Å². The summed E-state index contributed by atoms with van der Waals surface area (Å²) in [7, 11) is 0. The summed E-state index contributed by atoms with van der Waals surface area (Å²) in [6.45, 7) is 4.93. The number of nitrogens with one attached hydrogen (secondary N) is 2. The molecular weight excluding hydrogens is 311 g/mol. The molecule has 0 bridgehead atoms. The molecule has 1 aliphatic heterocycles. The van der Waals surface area contributed by atoms with E-state index in [9.17, 15) is 9.18 Å². The summed E-state index contributed by atoms with van der Waals surface area (Å²) in [5.41, 5.74) is 0.0905. The van der Waals surface area contributed by atoms with Crippen LogP contribution in [-0.2, 0) is 4.79 Å². The van der Waals surface area contributed by atoms with Crippen molar-refractivity contribution in [3.05, 3.63) is 28.5 Å². The van der Waals surface area contributed by atoms with Crippen LogP contribution in [0, 0.1) is 11.2 Å². The summed E-state index contributed by atoms with van der Waals surface area (Å²) in [6, 6.07) is 4.22. The quantitative estimate of drug-likeness (QED) is 0.874. The first-order valence-electron chi connectivity index (χ1n) is 6.39. The van der Waals surface area contributed by atoms with Gasteiger partial charge in [-0.2, -0.15) is 0 Å². The second kappa shape index (κ2) is 5.59. The van der Waals surface area contributed by atoms with Gasteiger partial charge >= 0.3 is 0 Å². The van der Waals surface area contributed by atoms with Gasteiger partial charge in [-0.15, -0.1) is 0 Å². The molecule has 1 atom stereocenters. The van der Waals surface area contributed by atoms with Crippen molar-refractivity contribution >= 4 is 27.5 Å². The van der Waals surface area contributed by atoms with Crippen molar-refractivity contribution < 1.29 is 9.18 Å². The lowest BCUT2D eigenvalue weighted by Gasteiger charge is -2.38. The first-order valence-corrected chi connectivity index (χ1v) is 7.19. The number of anilines is 1. The zero-order chi connectivity index (χ0) is 14.0. The lowest BCUT2D eigenvalue weighted by atomic mass is 9.77. The van der Waals surface area contributed by atoms with Crippen molar-refractivity contribution in [2.45, 2.75) is 32.7 Å². The molecule has 104 valence electrons. The number of halogens is 2. The molecule has 1 fully saturated rings. The maximum Gasteiger partial charge on any atom is 0.242 e. The summed E-state index contributed by atoms with van der Waals surface area (Å²) in [4.78, 5) is 12.3. The average molecular weight is 329 g/mol. The molecule has 2 rings (SSSR count). The van der Waals surface area contributed by atoms with Gasteiger partial charge in [0.05, 0.1) is 11.7 Å². The number of rotatable bonds is 2. The molecule has 5 heteroatoms. The van der Waals surface area contributed by atoms with Crippen molar-refractivity contribution in [1.29, 1.82) is 0 Å². The Morgan fingerprint density at radius 2 is 2.26 bits per heavy atom. The van der Waals surface area contributed by atoms with Crippen LogP contribution in [-0.4, -0.2) is 18.5 Å². The van der Waals surface area contributed by atoms with Gasteiger partial charge < -0.3 is 10.6 Å². The number of piperidine rings is 1. The molecule has 0 radical (unpaired) electrons. The third kappa shape index (κ3) is 3.34. The highest BCUT2D eigenvalue weighted by atomic mass is 79.9. The van der Waals surface area contributed by atoms with Crippen molar-refractivity contribution in [2.75, 3.05) is 11.9 Å². The SMILES string of the molecule is CC1(C)CCCNC1C(=O)Nc1cc(Br)ccc1F. The van der Waals surface area contributed by atoms with E-state index < -0.39 is 5.82 Å². The molecule has 0 aliphatic carbocycles. The zero-order valence-electron chi connectivity index (χ0n) is 11.1. The van der Waals surface area contributed by atoms with Crippen molar-refractivity contribution in [3.8, 4) is 0 Å². The monoisotopic (exact) mass is 328 g/mol. The predicted octanol–water partition coefficient (Wildman–Crippen LogP) is 3.30. The summed E-state index contributed by atoms with van der Waals surface area (Å²) >= 11 is 3.27. The minimum Gasteiger partial charge on any atom is -0.322 e. The van der Waals surface area contributed by atoms with Gasteiger partial charge in [-0.05, 0) is 43.0 Å². The Bertz CT molecular complexity index is 490. The van der Waals surface area contributed by atoms with E-state index in [0.717, 1.165) is 23.9 Å². The maximum atomic E-state index is 13.6. The fraction of sp³-hybridized carbons (Fsp3) is 0.500. The van der Waals surface area contributed by atoms with Crippen LogP contribution >= 0.6 is 15.9 Å². The first kappa shape index (κ1) is 14.5. The maximum absolute atomic E-state index is 13.6. The number of benzene rings is 1. The Kier molecular flexibility index (Phi) is 4.26. The van der Waals surface area contributed by atoms with Crippen LogP contribution in [0.1, 0.15) is 26.7 Å². The molecule has 1 aromatic carbocycles. The largest absolute Gasteiger partial charge is 0.322 e. The van der Waals surface area contributed by atoms with Gasteiger partial charge in [0.1, 0.15) is 5.82 Å². The Morgan fingerprint density at radius 1 is 1.53 bits per heavy atom. The Morgan fingerprint density at radius 3 is 2.95 bits per heavy atom. The highest BCUT2D eigenvalue weighted by Crippen LogP contribution is 2.31. The Balaban J connectivity index is 2.14. The topological polar surface area (TPSA) is 41.1 Å². The van der Waals surface area contributed by atoms with Crippen molar-refractivity contribution in [3.63, 3.8) is 0 Å². The van der Waals surface area contributed by atoms with Gasteiger partial charge in [-0.1, -0.05) is 29.8 Å². The highest BCUT2D eigenvalue weighted by Gasteiger charge is 2.37. The molecule has 1 heterocycles. The predicted molar refractivity (Wildman–Crippen MR) is 77.5 cm³/mol. The fourth-order valence-corrected chi connectivity index (χ4v) is 2.82. The van der Waals surface area contributed by atoms with Crippen LogP contribution in [0.4, 0.5) is 10.1 Å². The zero-order valence-corrected chi connectivity index (χ0v) is 12.7. The summed E-state index contributed by atoms with van der Waals surface area (Å²) in [6.07, 6.45) is 2.04. The molecule has 1 amide bonds. The molecule has 2 N–H and O–H groups in total. The number of amides is 1. The van der Waals surface area contributed by atoms with Crippen molar-refractivity contribution in [1.82, 2.24) is 5.32 Å². The Hall–Kier alpha value is -0.940. The second-order valence-corrected chi connectivity index (χ2v) is 6.51. The van der Waals surface area contributed by atoms with E-state index in [0.29, 0.717) is 0 Å². The highest BCUT2D eigenvalue weighted by molar-refractivity contribution is 9.10. The third-order valence-corrected chi connectivity index (χ3v) is 4.07. The van der Waals surface area contributed by atoms with E-state index in [1.54, 1.807) is 12.1 Å². The molecule has 0 saturated carbocycles. The minimum atomic E-state index is -0.426. The molecule has 3 nitrogen and oxygen atoms in total. The molecule has 1 aromatic rings. The van der Waals surface area contributed by atoms with E-state index in [-0.39, 0.29) is 23.1 Å². The van der Waals surface area contributed by atoms with Gasteiger partial charge in [0, 0.05) is 4.47 Å². The van der Waals surface area contributed by atoms with E-state index in [4.69, 9.17) is 0 Å². The van der Waals surface area contributed by atoms with Crippen LogP contribution < -0.4 is 10.6 Å². The van der Waals surface area contributed by atoms with Gasteiger partial charge in [0.25, 0.3) is 0 Å². The summed E-state index contributed by atoms with van der Waals surface area (Å²) in [5, 5.41) is 5.89. The van der Waals surface area contributed by atoms with E-state index in [1.165, 1.54) is 6.07 Å². The molecule has 19 heavy (non-hydrogen) atoms. The molecule has 0 spiro atoms. The lowest BCUT2D eigenvalue weighted by molar-refractivity contribution is -0.121. The average Bonchev–Trinajstić information content (AvgIpc) is 2.33. The smallest absolute Gasteiger partial charge is 0.242 e. The minimum absolute atomic E-state index is 0.120. The molecule has 1 unspecified atom stereocenters. The molecule has 0 aromatic heterocycles. The molecular formula is C14H18BrFN2O. The number of hydrogen-bond donors (Lipinski definition) is 2. The van der Waals surface area contributed by atoms with Gasteiger partial charge in [-0.3, -0.25) is 4.79 Å². The van der Waals surface area contributed by atoms with Crippen LogP contribution in [0.2, 0.25) is 0 Å². The van der Waals surface area contributed by atoms with Crippen LogP contribution in [0.25, 0.3) is 0 Å². The number of carbonyl (C=O) groups is 1. The standard InChI is InChI=1S/C14H18BrFN2O/c1-14(2)6-3-7-17-12(14)13(19)18-11-8-9(15)4-5-10(11)16/h4-5,8,12,17H,3,6-7H2,1-2H3,(H,18,19). The van der Waals surface area contributed by atoms with Gasteiger partial charge in [0.2, 0.25) is 5.91 Å². The van der Waals surface area contributed by atoms with E-state index >= 15 is 0 Å². The van der Waals surface area contributed by atoms with Crippen LogP contribution in [0.5, 0.6) is 0 Å². The lowest BCUT2D eigenvalue weighted by Crippen LogP contribution is -2.53. The molecule has 1 aliphatic rings. The normalized spacial score (nSPS) is 22.0. The first-order chi connectivity index (χ1) is 8.90. The Labute approximate surface area is 121 Å². The summed E-state index contributed by atoms with van der Waals surface area (Å²) in [5.74, 6) is -0.605. The van der Waals surface area contributed by atoms with Gasteiger partial charge in [-0.25, -0.2) is 4.39 Å². The number of carbonyl (C=O) groups excluding carboxylic acids is 1. The van der Waals surface area contributed by atoms with E-state index in [2.05, 4.69) is 40.4 Å². The fourth-order valence-electron chi connectivity index (χ4n) is 2.46. The van der Waals surface area contributed by atoms with E-state index in [1.807, 2.05) is 0 Å². The van der Waals surface area contributed by atoms with Gasteiger partial charge in [0.15, 0.2) is 0 Å².